The highest BCUT2D eigenvalue weighted by Gasteiger charge is 2.11. The van der Waals surface area contributed by atoms with Crippen molar-refractivity contribution in [2.45, 2.75) is 17.9 Å². The quantitative estimate of drug-likeness (QED) is 0.425. The van der Waals surface area contributed by atoms with Crippen LogP contribution in [0.5, 0.6) is 5.75 Å². The average Bonchev–Trinajstić information content (AvgIpc) is 2.73. The van der Waals surface area contributed by atoms with Crippen LogP contribution in [0.4, 0.5) is 0 Å². The Balaban J connectivity index is 1.46. The van der Waals surface area contributed by atoms with Crippen molar-refractivity contribution in [3.05, 3.63) is 96.1 Å². The monoisotopic (exact) mass is 377 g/mol. The van der Waals surface area contributed by atoms with E-state index in [1.807, 2.05) is 67.6 Å². The molecule has 0 heterocycles. The molecule has 0 saturated carbocycles. The van der Waals surface area contributed by atoms with Gasteiger partial charge in [-0.15, -0.1) is 11.8 Å². The summed E-state index contributed by atoms with van der Waals surface area (Å²) in [6.07, 6.45) is 0. The Hall–Kier alpha value is -2.72. The number of rotatable bonds is 8. The second-order valence-electron chi connectivity index (χ2n) is 6.14. The number of thioether (sulfide) groups is 1. The molecule has 0 spiro atoms. The Labute approximate surface area is 164 Å². The topological polar surface area (TPSA) is 38.3 Å². The summed E-state index contributed by atoms with van der Waals surface area (Å²) in [6, 6.07) is 27.4. The van der Waals surface area contributed by atoms with Gasteiger partial charge in [0.2, 0.25) is 0 Å². The van der Waals surface area contributed by atoms with E-state index in [0.29, 0.717) is 12.2 Å². The number of carbonyl (C=O) groups excluding carboxylic acids is 1. The van der Waals surface area contributed by atoms with Gasteiger partial charge in [-0.2, -0.15) is 0 Å². The number of benzene rings is 3. The molecule has 27 heavy (non-hydrogen) atoms. The Bertz CT molecular complexity index is 835. The molecule has 1 amide bonds. The molecule has 0 fully saturated rings. The molecule has 0 aromatic heterocycles. The summed E-state index contributed by atoms with van der Waals surface area (Å²) in [7, 11) is 0. The molecule has 3 aromatic carbocycles. The largest absolute Gasteiger partial charge is 0.493 e. The first kappa shape index (κ1) is 19.1. The van der Waals surface area contributed by atoms with E-state index in [1.165, 1.54) is 4.90 Å². The van der Waals surface area contributed by atoms with E-state index in [2.05, 4.69) is 17.4 Å². The zero-order valence-electron chi connectivity index (χ0n) is 15.3. The van der Waals surface area contributed by atoms with E-state index in [0.717, 1.165) is 17.1 Å². The van der Waals surface area contributed by atoms with Gasteiger partial charge in [0.25, 0.3) is 5.91 Å². The van der Waals surface area contributed by atoms with Crippen molar-refractivity contribution in [2.24, 2.45) is 0 Å². The summed E-state index contributed by atoms with van der Waals surface area (Å²) in [5.41, 5.74) is 1.71. The molecule has 3 aromatic rings. The van der Waals surface area contributed by atoms with Gasteiger partial charge in [0, 0.05) is 16.2 Å². The summed E-state index contributed by atoms with van der Waals surface area (Å²) in [6.45, 7) is 2.60. The Morgan fingerprint density at radius 2 is 1.56 bits per heavy atom. The predicted octanol–water partition coefficient (Wildman–Crippen LogP) is 5.35. The van der Waals surface area contributed by atoms with Gasteiger partial charge >= 0.3 is 0 Å². The molecule has 4 heteroatoms. The van der Waals surface area contributed by atoms with Crippen LogP contribution in [-0.2, 0) is 0 Å². The third-order valence-corrected chi connectivity index (χ3v) is 5.10. The lowest BCUT2D eigenvalue weighted by Gasteiger charge is -2.14. The molecule has 1 atom stereocenters. The minimum Gasteiger partial charge on any atom is -0.493 e. The SMILES string of the molecule is C[C@H](NC(=O)c1ccc(OCCSc2ccccc2)cc1)c1ccccc1. The van der Waals surface area contributed by atoms with Crippen molar-refractivity contribution < 1.29 is 9.53 Å². The molecule has 0 aliphatic heterocycles. The number of carbonyl (C=O) groups is 1. The zero-order valence-corrected chi connectivity index (χ0v) is 16.1. The zero-order chi connectivity index (χ0) is 18.9. The van der Waals surface area contributed by atoms with E-state index in [1.54, 1.807) is 23.9 Å². The highest BCUT2D eigenvalue weighted by molar-refractivity contribution is 7.99. The van der Waals surface area contributed by atoms with Crippen LogP contribution in [0, 0.1) is 0 Å². The predicted molar refractivity (Wildman–Crippen MR) is 111 cm³/mol. The third-order valence-electron chi connectivity index (χ3n) is 4.13. The molecule has 3 rings (SSSR count). The van der Waals surface area contributed by atoms with E-state index in [9.17, 15) is 4.79 Å². The van der Waals surface area contributed by atoms with Gasteiger partial charge in [0.15, 0.2) is 0 Å². The molecule has 0 aliphatic carbocycles. The fraction of sp³-hybridized carbons (Fsp3) is 0.174. The van der Waals surface area contributed by atoms with Crippen molar-refractivity contribution in [3.8, 4) is 5.75 Å². The van der Waals surface area contributed by atoms with Crippen LogP contribution < -0.4 is 10.1 Å². The smallest absolute Gasteiger partial charge is 0.251 e. The van der Waals surface area contributed by atoms with Crippen LogP contribution in [0.25, 0.3) is 0 Å². The second-order valence-corrected chi connectivity index (χ2v) is 7.31. The van der Waals surface area contributed by atoms with Gasteiger partial charge in [-0.25, -0.2) is 0 Å². The van der Waals surface area contributed by atoms with Gasteiger partial charge in [-0.1, -0.05) is 48.5 Å². The van der Waals surface area contributed by atoms with Crippen LogP contribution in [0.3, 0.4) is 0 Å². The molecule has 0 radical (unpaired) electrons. The van der Waals surface area contributed by atoms with E-state index in [4.69, 9.17) is 4.74 Å². The number of hydrogen-bond donors (Lipinski definition) is 1. The Morgan fingerprint density at radius 3 is 2.22 bits per heavy atom. The molecular formula is C23H23NO2S. The number of ether oxygens (including phenoxy) is 1. The van der Waals surface area contributed by atoms with Gasteiger partial charge < -0.3 is 10.1 Å². The minimum atomic E-state index is -0.0856. The Kier molecular flexibility index (Phi) is 6.94. The fourth-order valence-electron chi connectivity index (χ4n) is 2.64. The summed E-state index contributed by atoms with van der Waals surface area (Å²) in [5.74, 6) is 1.56. The first-order valence-corrected chi connectivity index (χ1v) is 9.97. The fourth-order valence-corrected chi connectivity index (χ4v) is 3.40. The molecule has 138 valence electrons. The molecule has 3 nitrogen and oxygen atoms in total. The minimum absolute atomic E-state index is 0.0374. The normalized spacial score (nSPS) is 11.6. The van der Waals surface area contributed by atoms with Crippen molar-refractivity contribution >= 4 is 17.7 Å². The summed E-state index contributed by atoms with van der Waals surface area (Å²) < 4.78 is 5.76. The lowest BCUT2D eigenvalue weighted by atomic mass is 10.1. The van der Waals surface area contributed by atoms with Crippen LogP contribution in [0.2, 0.25) is 0 Å². The highest BCUT2D eigenvalue weighted by atomic mass is 32.2. The first-order chi connectivity index (χ1) is 13.2. The lowest BCUT2D eigenvalue weighted by Crippen LogP contribution is -2.26. The van der Waals surface area contributed by atoms with Crippen LogP contribution in [0.15, 0.2) is 89.8 Å². The van der Waals surface area contributed by atoms with Gasteiger partial charge in [-0.05, 0) is 48.9 Å². The summed E-state index contributed by atoms with van der Waals surface area (Å²) in [5, 5.41) is 3.02. The average molecular weight is 378 g/mol. The van der Waals surface area contributed by atoms with Crippen molar-refractivity contribution in [3.63, 3.8) is 0 Å². The first-order valence-electron chi connectivity index (χ1n) is 8.99. The standard InChI is InChI=1S/C23H23NO2S/c1-18(19-8-4-2-5-9-19)24-23(25)20-12-14-21(15-13-20)26-16-17-27-22-10-6-3-7-11-22/h2-15,18H,16-17H2,1H3,(H,24,25)/t18-/m0/s1. The summed E-state index contributed by atoms with van der Waals surface area (Å²) >= 11 is 1.76. The molecule has 0 aliphatic rings. The number of hydrogen-bond acceptors (Lipinski definition) is 3. The maximum absolute atomic E-state index is 12.4. The number of nitrogens with one attached hydrogen (secondary N) is 1. The van der Waals surface area contributed by atoms with Crippen molar-refractivity contribution in [1.82, 2.24) is 5.32 Å². The van der Waals surface area contributed by atoms with E-state index < -0.39 is 0 Å². The van der Waals surface area contributed by atoms with Crippen LogP contribution in [0.1, 0.15) is 28.9 Å². The van der Waals surface area contributed by atoms with Gasteiger partial charge in [-0.3, -0.25) is 4.79 Å². The summed E-state index contributed by atoms with van der Waals surface area (Å²) in [4.78, 5) is 13.6. The van der Waals surface area contributed by atoms with Crippen molar-refractivity contribution in [2.75, 3.05) is 12.4 Å². The van der Waals surface area contributed by atoms with Crippen LogP contribution >= 0.6 is 11.8 Å². The van der Waals surface area contributed by atoms with Gasteiger partial charge in [0.1, 0.15) is 5.75 Å². The number of amides is 1. The maximum Gasteiger partial charge on any atom is 0.251 e. The van der Waals surface area contributed by atoms with Gasteiger partial charge in [0.05, 0.1) is 12.6 Å². The molecule has 0 bridgehead atoms. The second kappa shape index (κ2) is 9.83. The highest BCUT2D eigenvalue weighted by Crippen LogP contribution is 2.18. The molecule has 0 saturated heterocycles. The Morgan fingerprint density at radius 1 is 0.926 bits per heavy atom. The van der Waals surface area contributed by atoms with E-state index in [-0.39, 0.29) is 11.9 Å². The molecule has 1 N–H and O–H groups in total. The maximum atomic E-state index is 12.4. The third kappa shape index (κ3) is 5.90. The van der Waals surface area contributed by atoms with E-state index >= 15 is 0 Å². The lowest BCUT2D eigenvalue weighted by molar-refractivity contribution is 0.0940. The molecule has 0 unspecified atom stereocenters. The molecular weight excluding hydrogens is 354 g/mol. The van der Waals surface area contributed by atoms with Crippen LogP contribution in [-0.4, -0.2) is 18.3 Å². The van der Waals surface area contributed by atoms with Crippen molar-refractivity contribution in [1.29, 1.82) is 0 Å².